The van der Waals surface area contributed by atoms with Crippen LogP contribution in [0, 0.1) is 6.92 Å². The topological polar surface area (TPSA) is 85.1 Å². The zero-order valence-electron chi connectivity index (χ0n) is 15.2. The molecule has 6 nitrogen and oxygen atoms in total. The molecule has 138 valence electrons. The number of thioether (sulfide) groups is 1. The van der Waals surface area contributed by atoms with Crippen LogP contribution in [0.25, 0.3) is 11.5 Å². The van der Waals surface area contributed by atoms with Crippen molar-refractivity contribution < 1.29 is 14.0 Å². The number of carbonyl (C=O) groups excluding carboxylic acids is 2. The zero-order chi connectivity index (χ0) is 19.4. The molecule has 27 heavy (non-hydrogen) atoms. The van der Waals surface area contributed by atoms with Crippen molar-refractivity contribution in [2.45, 2.75) is 31.2 Å². The first-order valence-corrected chi connectivity index (χ1v) is 9.30. The fraction of sp³-hybridized carbons (Fsp3) is 0.200. The summed E-state index contributed by atoms with van der Waals surface area (Å²) >= 11 is 1.17. The number of hydrogen-bond acceptors (Lipinski definition) is 6. The Kier molecular flexibility index (Phi) is 5.71. The van der Waals surface area contributed by atoms with Crippen LogP contribution in [-0.2, 0) is 4.79 Å². The van der Waals surface area contributed by atoms with Gasteiger partial charge in [0.2, 0.25) is 11.8 Å². The maximum absolute atomic E-state index is 12.5. The molecule has 1 heterocycles. The Morgan fingerprint density at radius 1 is 1.07 bits per heavy atom. The summed E-state index contributed by atoms with van der Waals surface area (Å²) in [7, 11) is 0. The SMILES string of the molecule is CC(=O)c1ccccc1NC(=O)[C@@H](C)Sc1nnc(-c2ccccc2C)o1. The number of carbonyl (C=O) groups is 2. The molecule has 1 atom stereocenters. The smallest absolute Gasteiger partial charge is 0.277 e. The van der Waals surface area contributed by atoms with E-state index in [1.54, 1.807) is 31.2 Å². The summed E-state index contributed by atoms with van der Waals surface area (Å²) < 4.78 is 5.69. The van der Waals surface area contributed by atoms with E-state index in [1.165, 1.54) is 18.7 Å². The molecule has 1 N–H and O–H groups in total. The average molecular weight is 381 g/mol. The minimum atomic E-state index is -0.477. The molecule has 0 aliphatic rings. The lowest BCUT2D eigenvalue weighted by Gasteiger charge is -2.12. The number of hydrogen-bond donors (Lipinski definition) is 1. The Bertz CT molecular complexity index is 984. The molecule has 0 fully saturated rings. The van der Waals surface area contributed by atoms with Gasteiger partial charge in [-0.15, -0.1) is 10.2 Å². The first-order chi connectivity index (χ1) is 13.0. The fourth-order valence-corrected chi connectivity index (χ4v) is 3.20. The lowest BCUT2D eigenvalue weighted by atomic mass is 10.1. The Labute approximate surface area is 161 Å². The minimum absolute atomic E-state index is 0.106. The van der Waals surface area contributed by atoms with E-state index in [2.05, 4.69) is 15.5 Å². The summed E-state index contributed by atoms with van der Waals surface area (Å²) in [5.41, 5.74) is 2.87. The van der Waals surface area contributed by atoms with Crippen LogP contribution in [0.5, 0.6) is 0 Å². The number of aromatic nitrogens is 2. The first kappa shape index (κ1) is 18.8. The van der Waals surface area contributed by atoms with E-state index < -0.39 is 5.25 Å². The molecule has 0 aliphatic carbocycles. The molecule has 0 bridgehead atoms. The van der Waals surface area contributed by atoms with Crippen molar-refractivity contribution in [2.75, 3.05) is 5.32 Å². The van der Waals surface area contributed by atoms with Crippen molar-refractivity contribution in [3.8, 4) is 11.5 Å². The van der Waals surface area contributed by atoms with E-state index in [4.69, 9.17) is 4.42 Å². The number of anilines is 1. The van der Waals surface area contributed by atoms with Gasteiger partial charge < -0.3 is 9.73 Å². The number of benzene rings is 2. The monoisotopic (exact) mass is 381 g/mol. The Morgan fingerprint density at radius 3 is 2.52 bits per heavy atom. The molecule has 0 saturated heterocycles. The molecule has 0 unspecified atom stereocenters. The van der Waals surface area contributed by atoms with E-state index in [0.717, 1.165) is 11.1 Å². The second kappa shape index (κ2) is 8.18. The van der Waals surface area contributed by atoms with Crippen LogP contribution >= 0.6 is 11.8 Å². The van der Waals surface area contributed by atoms with Gasteiger partial charge in [-0.05, 0) is 44.5 Å². The maximum Gasteiger partial charge on any atom is 0.277 e. The summed E-state index contributed by atoms with van der Waals surface area (Å²) in [4.78, 5) is 24.2. The van der Waals surface area contributed by atoms with Crippen LogP contribution < -0.4 is 5.32 Å². The van der Waals surface area contributed by atoms with Gasteiger partial charge in [-0.1, -0.05) is 42.1 Å². The van der Waals surface area contributed by atoms with E-state index in [1.807, 2.05) is 31.2 Å². The van der Waals surface area contributed by atoms with Crippen molar-refractivity contribution in [1.29, 1.82) is 0 Å². The normalized spacial score (nSPS) is 11.8. The third-order valence-electron chi connectivity index (χ3n) is 3.99. The van der Waals surface area contributed by atoms with E-state index in [9.17, 15) is 9.59 Å². The molecule has 3 aromatic rings. The van der Waals surface area contributed by atoms with Crippen molar-refractivity contribution in [2.24, 2.45) is 0 Å². The summed E-state index contributed by atoms with van der Waals surface area (Å²) in [5, 5.41) is 10.7. The van der Waals surface area contributed by atoms with Crippen LogP contribution in [0.2, 0.25) is 0 Å². The van der Waals surface area contributed by atoms with E-state index in [0.29, 0.717) is 22.4 Å². The first-order valence-electron chi connectivity index (χ1n) is 8.42. The van der Waals surface area contributed by atoms with E-state index in [-0.39, 0.29) is 11.7 Å². The number of Topliss-reactive ketones (excluding diaryl/α,β-unsaturated/α-hetero) is 1. The van der Waals surface area contributed by atoms with Gasteiger partial charge in [-0.2, -0.15) is 0 Å². The summed E-state index contributed by atoms with van der Waals surface area (Å²) in [6.45, 7) is 5.18. The van der Waals surface area contributed by atoms with Gasteiger partial charge >= 0.3 is 0 Å². The number of nitrogens with one attached hydrogen (secondary N) is 1. The number of nitrogens with zero attached hydrogens (tertiary/aromatic N) is 2. The number of ketones is 1. The second-order valence-electron chi connectivity index (χ2n) is 6.04. The molecule has 1 aromatic heterocycles. The Morgan fingerprint density at radius 2 is 1.78 bits per heavy atom. The Balaban J connectivity index is 1.69. The largest absolute Gasteiger partial charge is 0.411 e. The van der Waals surface area contributed by atoms with Gasteiger partial charge in [-0.3, -0.25) is 9.59 Å². The number of para-hydroxylation sites is 1. The molecular weight excluding hydrogens is 362 g/mol. The quantitative estimate of drug-likeness (QED) is 0.504. The standard InChI is InChI=1S/C20H19N3O3S/c1-12-8-4-5-9-15(12)19-22-23-20(26-19)27-14(3)18(25)21-17-11-7-6-10-16(17)13(2)24/h4-11,14H,1-3H3,(H,21,25)/t14-/m1/s1. The van der Waals surface area contributed by atoms with Crippen LogP contribution in [-0.4, -0.2) is 27.1 Å². The number of aryl methyl sites for hydroxylation is 1. The van der Waals surface area contributed by atoms with Gasteiger partial charge in [0.05, 0.1) is 10.9 Å². The highest BCUT2D eigenvalue weighted by Gasteiger charge is 2.20. The summed E-state index contributed by atoms with van der Waals surface area (Å²) in [6.07, 6.45) is 0. The van der Waals surface area contributed by atoms with Gasteiger partial charge in [0.1, 0.15) is 0 Å². The molecule has 3 rings (SSSR count). The summed E-state index contributed by atoms with van der Waals surface area (Å²) in [6, 6.07) is 14.6. The molecule has 2 aromatic carbocycles. The van der Waals surface area contributed by atoms with Gasteiger partial charge in [-0.25, -0.2) is 0 Å². The van der Waals surface area contributed by atoms with Crippen LogP contribution in [0.3, 0.4) is 0 Å². The number of rotatable bonds is 6. The van der Waals surface area contributed by atoms with Crippen molar-refractivity contribution in [3.63, 3.8) is 0 Å². The lowest BCUT2D eigenvalue weighted by molar-refractivity contribution is -0.115. The molecule has 7 heteroatoms. The molecule has 0 radical (unpaired) electrons. The molecule has 0 aliphatic heterocycles. The van der Waals surface area contributed by atoms with Crippen molar-refractivity contribution in [3.05, 3.63) is 59.7 Å². The predicted molar refractivity (Wildman–Crippen MR) is 105 cm³/mol. The average Bonchev–Trinajstić information content (AvgIpc) is 3.10. The van der Waals surface area contributed by atoms with Crippen molar-refractivity contribution in [1.82, 2.24) is 10.2 Å². The maximum atomic E-state index is 12.5. The van der Waals surface area contributed by atoms with Gasteiger partial charge in [0, 0.05) is 11.1 Å². The van der Waals surface area contributed by atoms with Gasteiger partial charge in [0.25, 0.3) is 5.22 Å². The zero-order valence-corrected chi connectivity index (χ0v) is 16.0. The molecular formula is C20H19N3O3S. The number of amides is 1. The lowest BCUT2D eigenvalue weighted by Crippen LogP contribution is -2.23. The Hall–Kier alpha value is -2.93. The highest BCUT2D eigenvalue weighted by atomic mass is 32.2. The highest BCUT2D eigenvalue weighted by Crippen LogP contribution is 2.28. The van der Waals surface area contributed by atoms with E-state index >= 15 is 0 Å². The predicted octanol–water partition coefficient (Wildman–Crippen LogP) is 4.37. The fourth-order valence-electron chi connectivity index (χ4n) is 2.52. The minimum Gasteiger partial charge on any atom is -0.411 e. The van der Waals surface area contributed by atoms with Crippen molar-refractivity contribution >= 4 is 29.1 Å². The van der Waals surface area contributed by atoms with Crippen LogP contribution in [0.15, 0.2) is 58.2 Å². The van der Waals surface area contributed by atoms with Crippen LogP contribution in [0.1, 0.15) is 29.8 Å². The molecule has 0 spiro atoms. The molecule has 1 amide bonds. The van der Waals surface area contributed by atoms with Gasteiger partial charge in [0.15, 0.2) is 5.78 Å². The second-order valence-corrected chi connectivity index (χ2v) is 7.33. The van der Waals surface area contributed by atoms with Crippen LogP contribution in [0.4, 0.5) is 5.69 Å². The highest BCUT2D eigenvalue weighted by molar-refractivity contribution is 8.00. The molecule has 0 saturated carbocycles. The summed E-state index contributed by atoms with van der Waals surface area (Å²) in [5.74, 6) is 0.0699. The third-order valence-corrected chi connectivity index (χ3v) is 4.93. The third kappa shape index (κ3) is 4.43.